The molecule has 0 aliphatic carbocycles. The minimum atomic E-state index is -4.76. The fraction of sp³-hybridized carbons (Fsp3) is 0.467. The van der Waals surface area contributed by atoms with Crippen LogP contribution in [0.5, 0.6) is 0 Å². The predicted octanol–water partition coefficient (Wildman–Crippen LogP) is 2.88. The van der Waals surface area contributed by atoms with Gasteiger partial charge in [0.2, 0.25) is 5.96 Å². The molecule has 0 atom stereocenters. The summed E-state index contributed by atoms with van der Waals surface area (Å²) in [7, 11) is 0. The first kappa shape index (κ1) is 21.0. The van der Waals surface area contributed by atoms with Crippen molar-refractivity contribution < 1.29 is 17.6 Å². The lowest BCUT2D eigenvalue weighted by Crippen LogP contribution is -2.41. The smallest absolute Gasteiger partial charge is 0.369 e. The van der Waals surface area contributed by atoms with Crippen LogP contribution in [0.25, 0.3) is 0 Å². The number of benzene rings is 1. The van der Waals surface area contributed by atoms with Crippen molar-refractivity contribution >= 4 is 24.3 Å². The van der Waals surface area contributed by atoms with Crippen molar-refractivity contribution in [3.8, 4) is 0 Å². The summed E-state index contributed by atoms with van der Waals surface area (Å²) in [4.78, 5) is 9.73. The highest BCUT2D eigenvalue weighted by atomic mass is 35.5. The van der Waals surface area contributed by atoms with E-state index in [2.05, 4.69) is 9.98 Å². The number of halogens is 5. The fourth-order valence-corrected chi connectivity index (χ4v) is 2.41. The molecule has 1 aliphatic heterocycles. The molecule has 0 spiro atoms. The molecule has 10 heteroatoms. The van der Waals surface area contributed by atoms with Crippen LogP contribution in [-0.4, -0.2) is 29.9 Å². The van der Waals surface area contributed by atoms with E-state index in [0.717, 1.165) is 38.4 Å². The molecule has 4 N–H and O–H groups in total. The standard InChI is InChI=1S/C15H19F4N5.ClH/c16-12-5-4-10(8-11(12)15(17,18)19)9-22-13(20)23-14(21)24-6-2-1-3-7-24;/h4-5,8H,1-3,6-7,9H2,(H4,20,21,22,23);1H. The van der Waals surface area contributed by atoms with Crippen molar-refractivity contribution in [2.24, 2.45) is 21.5 Å². The quantitative estimate of drug-likeness (QED) is 0.469. The van der Waals surface area contributed by atoms with Gasteiger partial charge in [0.1, 0.15) is 5.82 Å². The van der Waals surface area contributed by atoms with Crippen LogP contribution in [0.1, 0.15) is 30.4 Å². The van der Waals surface area contributed by atoms with Gasteiger partial charge < -0.3 is 16.4 Å². The number of alkyl halides is 3. The van der Waals surface area contributed by atoms with Crippen molar-refractivity contribution in [2.45, 2.75) is 32.0 Å². The summed E-state index contributed by atoms with van der Waals surface area (Å²) in [6.07, 6.45) is -1.59. The molecule has 1 aromatic rings. The lowest BCUT2D eigenvalue weighted by Gasteiger charge is -2.27. The van der Waals surface area contributed by atoms with E-state index >= 15 is 0 Å². The molecule has 1 saturated heterocycles. The van der Waals surface area contributed by atoms with Gasteiger partial charge in [0, 0.05) is 13.1 Å². The molecular formula is C15H20ClF4N5. The number of aliphatic imine (C=N–C) groups is 2. The summed E-state index contributed by atoms with van der Waals surface area (Å²) >= 11 is 0. The van der Waals surface area contributed by atoms with Crippen LogP contribution in [-0.2, 0) is 12.7 Å². The third-order valence-electron chi connectivity index (χ3n) is 3.67. The first-order valence-corrected chi connectivity index (χ1v) is 7.52. The minimum Gasteiger partial charge on any atom is -0.369 e. The van der Waals surface area contributed by atoms with Gasteiger partial charge in [0.15, 0.2) is 5.96 Å². The van der Waals surface area contributed by atoms with E-state index in [9.17, 15) is 17.6 Å². The average Bonchev–Trinajstić information content (AvgIpc) is 2.53. The first-order valence-electron chi connectivity index (χ1n) is 7.52. The Morgan fingerprint density at radius 1 is 1.12 bits per heavy atom. The molecule has 0 radical (unpaired) electrons. The van der Waals surface area contributed by atoms with Gasteiger partial charge in [-0.1, -0.05) is 6.07 Å². The lowest BCUT2D eigenvalue weighted by molar-refractivity contribution is -0.140. The van der Waals surface area contributed by atoms with Crippen LogP contribution in [0.15, 0.2) is 28.2 Å². The van der Waals surface area contributed by atoms with Gasteiger partial charge in [0.25, 0.3) is 0 Å². The van der Waals surface area contributed by atoms with Crippen LogP contribution in [0, 0.1) is 5.82 Å². The number of nitrogens with zero attached hydrogens (tertiary/aromatic N) is 3. The monoisotopic (exact) mass is 381 g/mol. The van der Waals surface area contributed by atoms with Gasteiger partial charge in [-0.05, 0) is 37.0 Å². The maximum atomic E-state index is 13.2. The molecule has 1 heterocycles. The van der Waals surface area contributed by atoms with Crippen molar-refractivity contribution in [3.63, 3.8) is 0 Å². The Labute approximate surface area is 149 Å². The van der Waals surface area contributed by atoms with E-state index in [-0.39, 0.29) is 36.4 Å². The lowest BCUT2D eigenvalue weighted by atomic mass is 10.1. The third-order valence-corrected chi connectivity index (χ3v) is 3.67. The second-order valence-corrected chi connectivity index (χ2v) is 5.50. The molecule has 25 heavy (non-hydrogen) atoms. The minimum absolute atomic E-state index is 0. The van der Waals surface area contributed by atoms with Crippen molar-refractivity contribution in [3.05, 3.63) is 35.1 Å². The molecule has 0 aromatic heterocycles. The fourth-order valence-electron chi connectivity index (χ4n) is 2.41. The third kappa shape index (κ3) is 6.08. The van der Waals surface area contributed by atoms with Gasteiger partial charge in [0.05, 0.1) is 12.1 Å². The summed E-state index contributed by atoms with van der Waals surface area (Å²) in [5.74, 6) is -1.21. The number of likely N-dealkylation sites (tertiary alicyclic amines) is 1. The van der Waals surface area contributed by atoms with Crippen LogP contribution >= 0.6 is 12.4 Å². The molecule has 0 saturated carbocycles. The Balaban J connectivity index is 0.00000312. The maximum absolute atomic E-state index is 13.2. The molecular weight excluding hydrogens is 362 g/mol. The Morgan fingerprint density at radius 2 is 1.76 bits per heavy atom. The highest BCUT2D eigenvalue weighted by Gasteiger charge is 2.34. The van der Waals surface area contributed by atoms with E-state index in [0.29, 0.717) is 6.07 Å². The highest BCUT2D eigenvalue weighted by Crippen LogP contribution is 2.31. The van der Waals surface area contributed by atoms with Crippen LogP contribution < -0.4 is 11.5 Å². The van der Waals surface area contributed by atoms with E-state index < -0.39 is 17.6 Å². The zero-order chi connectivity index (χ0) is 17.7. The predicted molar refractivity (Wildman–Crippen MR) is 91.0 cm³/mol. The number of nitrogens with two attached hydrogens (primary N) is 2. The van der Waals surface area contributed by atoms with Gasteiger partial charge in [-0.2, -0.15) is 18.2 Å². The topological polar surface area (TPSA) is 80.0 Å². The Kier molecular flexibility index (Phi) is 7.47. The molecule has 0 bridgehead atoms. The summed E-state index contributed by atoms with van der Waals surface area (Å²) in [5, 5.41) is 0. The molecule has 1 fully saturated rings. The summed E-state index contributed by atoms with van der Waals surface area (Å²) in [5.41, 5.74) is 10.3. The van der Waals surface area contributed by atoms with Crippen molar-refractivity contribution in [1.29, 1.82) is 0 Å². The second-order valence-electron chi connectivity index (χ2n) is 5.50. The Bertz CT molecular complexity index is 639. The van der Waals surface area contributed by atoms with Crippen molar-refractivity contribution in [1.82, 2.24) is 4.90 Å². The summed E-state index contributed by atoms with van der Waals surface area (Å²) in [6, 6.07) is 2.69. The molecule has 1 aromatic carbocycles. The normalized spacial score (nSPS) is 16.6. The zero-order valence-corrected chi connectivity index (χ0v) is 14.2. The molecule has 5 nitrogen and oxygen atoms in total. The van der Waals surface area contributed by atoms with Crippen LogP contribution in [0.2, 0.25) is 0 Å². The number of hydrogen-bond donors (Lipinski definition) is 2. The van der Waals surface area contributed by atoms with Gasteiger partial charge in [-0.3, -0.25) is 0 Å². The molecule has 1 aliphatic rings. The number of rotatable bonds is 2. The Morgan fingerprint density at radius 3 is 2.36 bits per heavy atom. The zero-order valence-electron chi connectivity index (χ0n) is 13.4. The molecule has 140 valence electrons. The largest absolute Gasteiger partial charge is 0.419 e. The van der Waals surface area contributed by atoms with Gasteiger partial charge in [-0.15, -0.1) is 12.4 Å². The van der Waals surface area contributed by atoms with Gasteiger partial charge in [-0.25, -0.2) is 9.38 Å². The van der Waals surface area contributed by atoms with Crippen LogP contribution in [0.4, 0.5) is 17.6 Å². The molecule has 0 unspecified atom stereocenters. The molecule has 0 amide bonds. The first-order chi connectivity index (χ1) is 11.3. The average molecular weight is 382 g/mol. The highest BCUT2D eigenvalue weighted by molar-refractivity contribution is 5.93. The maximum Gasteiger partial charge on any atom is 0.419 e. The SMILES string of the molecule is Cl.NC(=NCc1ccc(F)c(C(F)(F)F)c1)N=C(N)N1CCCCC1. The molecule has 2 rings (SSSR count). The Hall–Kier alpha value is -2.03. The van der Waals surface area contributed by atoms with Crippen LogP contribution in [0.3, 0.4) is 0 Å². The number of piperidine rings is 1. The van der Waals surface area contributed by atoms with E-state index in [1.165, 1.54) is 6.07 Å². The number of hydrogen-bond acceptors (Lipinski definition) is 1. The van der Waals surface area contributed by atoms with E-state index in [1.807, 2.05) is 4.90 Å². The second kappa shape index (κ2) is 8.89. The van der Waals surface area contributed by atoms with Gasteiger partial charge >= 0.3 is 6.18 Å². The van der Waals surface area contributed by atoms with E-state index in [1.54, 1.807) is 0 Å². The van der Waals surface area contributed by atoms with Crippen molar-refractivity contribution in [2.75, 3.05) is 13.1 Å². The summed E-state index contributed by atoms with van der Waals surface area (Å²) in [6.45, 7) is 1.43. The van der Waals surface area contributed by atoms with E-state index in [4.69, 9.17) is 11.5 Å². The summed E-state index contributed by atoms with van der Waals surface area (Å²) < 4.78 is 51.2. The number of guanidine groups is 2.